The first kappa shape index (κ1) is 22.0. The van der Waals surface area contributed by atoms with Crippen LogP contribution < -0.4 is 10.6 Å². The average molecular weight is 469 g/mol. The van der Waals surface area contributed by atoms with E-state index in [1.807, 2.05) is 59.7 Å². The Bertz CT molecular complexity index is 1230. The maximum absolute atomic E-state index is 13.2. The molecule has 0 unspecified atom stereocenters. The van der Waals surface area contributed by atoms with Crippen LogP contribution in [0, 0.1) is 19.7 Å². The van der Waals surface area contributed by atoms with E-state index in [2.05, 4.69) is 20.8 Å². The van der Waals surface area contributed by atoms with Crippen LogP contribution >= 0.6 is 23.8 Å². The predicted octanol–water partition coefficient (Wildman–Crippen LogP) is 5.39. The van der Waals surface area contributed by atoms with Gasteiger partial charge in [0, 0.05) is 17.3 Å². The fraction of sp³-hybridized carbons (Fsp3) is 0.174. The Hall–Kier alpha value is -3.23. The quantitative estimate of drug-likeness (QED) is 0.371. The van der Waals surface area contributed by atoms with Crippen LogP contribution in [0.2, 0.25) is 5.02 Å². The predicted molar refractivity (Wildman–Crippen MR) is 130 cm³/mol. The lowest BCUT2D eigenvalue weighted by molar-refractivity contribution is 0.622. The third-order valence-electron chi connectivity index (χ3n) is 5.01. The zero-order chi connectivity index (χ0) is 22.7. The molecule has 6 nitrogen and oxygen atoms in total. The fourth-order valence-electron chi connectivity index (χ4n) is 3.35. The number of anilines is 2. The van der Waals surface area contributed by atoms with Crippen molar-refractivity contribution in [2.24, 2.45) is 0 Å². The van der Waals surface area contributed by atoms with E-state index in [9.17, 15) is 4.39 Å². The van der Waals surface area contributed by atoms with Gasteiger partial charge in [-0.15, -0.1) is 0 Å². The molecule has 0 radical (unpaired) electrons. The summed E-state index contributed by atoms with van der Waals surface area (Å²) in [7, 11) is 0. The van der Waals surface area contributed by atoms with Crippen LogP contribution in [0.1, 0.15) is 22.5 Å². The molecule has 0 aliphatic carbocycles. The summed E-state index contributed by atoms with van der Waals surface area (Å²) in [5, 5.41) is 16.6. The molecule has 0 aliphatic heterocycles. The van der Waals surface area contributed by atoms with Gasteiger partial charge in [0.15, 0.2) is 10.9 Å². The van der Waals surface area contributed by atoms with E-state index in [1.54, 1.807) is 12.1 Å². The van der Waals surface area contributed by atoms with Crippen molar-refractivity contribution in [1.82, 2.24) is 19.6 Å². The van der Waals surface area contributed by atoms with Crippen LogP contribution in [-0.4, -0.2) is 24.7 Å². The molecule has 0 aliphatic rings. The van der Waals surface area contributed by atoms with Gasteiger partial charge in [-0.3, -0.25) is 9.36 Å². The second-order valence-corrected chi connectivity index (χ2v) is 8.28. The summed E-state index contributed by atoms with van der Waals surface area (Å²) in [6.45, 7) is 5.06. The Labute approximate surface area is 196 Å². The summed E-state index contributed by atoms with van der Waals surface area (Å²) in [5.74, 6) is 0.391. The average Bonchev–Trinajstić information content (AvgIpc) is 3.30. The molecule has 0 amide bonds. The van der Waals surface area contributed by atoms with E-state index in [4.69, 9.17) is 23.8 Å². The number of hydrogen-bond donors (Lipinski definition) is 2. The standard InChI is InChI=1S/C23H22ClFN6S/c1-15-22(16(2)31(28-15)14-18-5-9-20(25)10-6-18)27-23(32)26-21-11-12-30(29-21)13-17-3-7-19(24)8-4-17/h3-12H,13-14H2,1-2H3,(H2,26,27,29,32). The van der Waals surface area contributed by atoms with E-state index >= 15 is 0 Å². The topological polar surface area (TPSA) is 59.7 Å². The Morgan fingerprint density at radius 2 is 1.59 bits per heavy atom. The smallest absolute Gasteiger partial charge is 0.176 e. The Kier molecular flexibility index (Phi) is 6.53. The maximum atomic E-state index is 13.2. The van der Waals surface area contributed by atoms with Gasteiger partial charge in [0.25, 0.3) is 0 Å². The summed E-state index contributed by atoms with van der Waals surface area (Å²) < 4.78 is 16.8. The number of nitrogens with zero attached hydrogens (tertiary/aromatic N) is 4. The van der Waals surface area contributed by atoms with Gasteiger partial charge in [-0.2, -0.15) is 10.2 Å². The normalized spacial score (nSPS) is 10.9. The SMILES string of the molecule is Cc1nn(Cc2ccc(F)cc2)c(C)c1NC(=S)Nc1ccn(Cc2ccc(Cl)cc2)n1. The molecule has 9 heteroatoms. The van der Waals surface area contributed by atoms with Crippen molar-refractivity contribution in [3.63, 3.8) is 0 Å². The summed E-state index contributed by atoms with van der Waals surface area (Å²) in [6, 6.07) is 15.9. The highest BCUT2D eigenvalue weighted by atomic mass is 35.5. The molecule has 4 rings (SSSR count). The van der Waals surface area contributed by atoms with Gasteiger partial charge < -0.3 is 10.6 Å². The number of rotatable bonds is 6. The maximum Gasteiger partial charge on any atom is 0.176 e. The summed E-state index contributed by atoms with van der Waals surface area (Å²) in [5.41, 5.74) is 4.66. The minimum absolute atomic E-state index is 0.253. The first-order valence-corrected chi connectivity index (χ1v) is 10.8. The van der Waals surface area contributed by atoms with E-state index in [0.29, 0.717) is 29.0 Å². The first-order chi connectivity index (χ1) is 15.4. The molecule has 2 heterocycles. The van der Waals surface area contributed by atoms with Crippen LogP contribution in [0.4, 0.5) is 15.9 Å². The zero-order valence-corrected chi connectivity index (χ0v) is 19.2. The van der Waals surface area contributed by atoms with Gasteiger partial charge in [0.1, 0.15) is 5.82 Å². The zero-order valence-electron chi connectivity index (χ0n) is 17.6. The lowest BCUT2D eigenvalue weighted by Gasteiger charge is -2.10. The highest BCUT2D eigenvalue weighted by Gasteiger charge is 2.14. The van der Waals surface area contributed by atoms with Gasteiger partial charge >= 0.3 is 0 Å². The molecule has 0 saturated heterocycles. The van der Waals surface area contributed by atoms with Gasteiger partial charge in [-0.1, -0.05) is 35.9 Å². The highest BCUT2D eigenvalue weighted by Crippen LogP contribution is 2.21. The number of hydrogen-bond acceptors (Lipinski definition) is 3. The molecular weight excluding hydrogens is 447 g/mol. The molecule has 0 bridgehead atoms. The molecule has 2 aromatic carbocycles. The molecule has 0 spiro atoms. The number of nitrogens with one attached hydrogen (secondary N) is 2. The van der Waals surface area contributed by atoms with Crippen molar-refractivity contribution in [2.75, 3.05) is 10.6 Å². The lowest BCUT2D eigenvalue weighted by atomic mass is 10.2. The molecule has 0 saturated carbocycles. The number of thiocarbonyl (C=S) groups is 1. The van der Waals surface area contributed by atoms with Crippen LogP contribution in [-0.2, 0) is 13.1 Å². The van der Waals surface area contributed by atoms with Gasteiger partial charge in [0.2, 0.25) is 0 Å². The molecule has 2 aromatic heterocycles. The van der Waals surface area contributed by atoms with Crippen LogP contribution in [0.3, 0.4) is 0 Å². The number of benzene rings is 2. The number of halogens is 2. The summed E-state index contributed by atoms with van der Waals surface area (Å²) in [6.07, 6.45) is 1.89. The Balaban J connectivity index is 1.39. The minimum Gasteiger partial charge on any atom is -0.329 e. The first-order valence-electron chi connectivity index (χ1n) is 10.0. The second kappa shape index (κ2) is 9.50. The monoisotopic (exact) mass is 468 g/mol. The number of aromatic nitrogens is 4. The molecule has 32 heavy (non-hydrogen) atoms. The fourth-order valence-corrected chi connectivity index (χ4v) is 3.68. The van der Waals surface area contributed by atoms with Crippen molar-refractivity contribution in [1.29, 1.82) is 0 Å². The van der Waals surface area contributed by atoms with Crippen molar-refractivity contribution in [3.05, 3.63) is 94.1 Å². The third kappa shape index (κ3) is 5.33. The number of aryl methyl sites for hydroxylation is 1. The van der Waals surface area contributed by atoms with Crippen molar-refractivity contribution >= 4 is 40.4 Å². The molecule has 0 fully saturated rings. The van der Waals surface area contributed by atoms with Crippen LogP contribution in [0.5, 0.6) is 0 Å². The molecule has 2 N–H and O–H groups in total. The largest absolute Gasteiger partial charge is 0.329 e. The second-order valence-electron chi connectivity index (χ2n) is 7.43. The Morgan fingerprint density at radius 3 is 2.31 bits per heavy atom. The molecule has 0 atom stereocenters. The highest BCUT2D eigenvalue weighted by molar-refractivity contribution is 7.80. The van der Waals surface area contributed by atoms with E-state index < -0.39 is 0 Å². The van der Waals surface area contributed by atoms with E-state index in [-0.39, 0.29) is 5.82 Å². The third-order valence-corrected chi connectivity index (χ3v) is 5.46. The summed E-state index contributed by atoms with van der Waals surface area (Å²) >= 11 is 11.4. The van der Waals surface area contributed by atoms with Gasteiger partial charge in [-0.05, 0) is 61.5 Å². The minimum atomic E-state index is -0.253. The van der Waals surface area contributed by atoms with Crippen molar-refractivity contribution in [2.45, 2.75) is 26.9 Å². The molecule has 4 aromatic rings. The van der Waals surface area contributed by atoms with E-state index in [1.165, 1.54) is 12.1 Å². The van der Waals surface area contributed by atoms with E-state index in [0.717, 1.165) is 28.2 Å². The van der Waals surface area contributed by atoms with Crippen molar-refractivity contribution in [3.8, 4) is 0 Å². The lowest BCUT2D eigenvalue weighted by Crippen LogP contribution is -2.20. The van der Waals surface area contributed by atoms with Crippen LogP contribution in [0.25, 0.3) is 0 Å². The van der Waals surface area contributed by atoms with Crippen LogP contribution in [0.15, 0.2) is 60.8 Å². The Morgan fingerprint density at radius 1 is 0.938 bits per heavy atom. The molecule has 164 valence electrons. The summed E-state index contributed by atoms with van der Waals surface area (Å²) in [4.78, 5) is 0. The molecular formula is C23H22ClFN6S. The van der Waals surface area contributed by atoms with Gasteiger partial charge in [0.05, 0.1) is 30.2 Å². The van der Waals surface area contributed by atoms with Gasteiger partial charge in [-0.25, -0.2) is 4.39 Å². The van der Waals surface area contributed by atoms with Crippen molar-refractivity contribution < 1.29 is 4.39 Å².